The van der Waals surface area contributed by atoms with Gasteiger partial charge in [0, 0.05) is 14.2 Å². The number of hydrogen-bond acceptors (Lipinski definition) is 5. The highest BCUT2D eigenvalue weighted by Crippen LogP contribution is 2.58. The van der Waals surface area contributed by atoms with Crippen molar-refractivity contribution in [3.05, 3.63) is 30.3 Å². The van der Waals surface area contributed by atoms with Crippen LogP contribution in [0, 0.1) is 0 Å². The Morgan fingerprint density at radius 1 is 1.14 bits per heavy atom. The Morgan fingerprint density at radius 3 is 2.00 bits per heavy atom. The lowest BCUT2D eigenvalue weighted by Crippen LogP contribution is -2.44. The number of hydrogen-bond donors (Lipinski definition) is 1. The molecule has 0 heterocycles. The van der Waals surface area contributed by atoms with E-state index in [0.717, 1.165) is 14.2 Å². The van der Waals surface area contributed by atoms with Crippen molar-refractivity contribution in [2.24, 2.45) is 0 Å². The molecule has 0 amide bonds. The van der Waals surface area contributed by atoms with E-state index < -0.39 is 27.2 Å². The summed E-state index contributed by atoms with van der Waals surface area (Å²) in [5, 5.41) is 0. The van der Waals surface area contributed by atoms with Crippen molar-refractivity contribution in [1.82, 2.24) is 4.72 Å². The second-order valence-electron chi connectivity index (χ2n) is 3.78. The summed E-state index contributed by atoms with van der Waals surface area (Å²) in [5.41, 5.74) is 0. The summed E-state index contributed by atoms with van der Waals surface area (Å²) in [6.45, 7) is 0. The molecule has 0 radical (unpaired) electrons. The highest BCUT2D eigenvalue weighted by Gasteiger charge is 2.50. The summed E-state index contributed by atoms with van der Waals surface area (Å²) in [5.74, 6) is -1.71. The van der Waals surface area contributed by atoms with Crippen LogP contribution in [0.15, 0.2) is 35.2 Å². The Labute approximate surface area is 138 Å². The van der Waals surface area contributed by atoms with Gasteiger partial charge in [-0.15, -0.1) is 0 Å². The maximum absolute atomic E-state index is 12.4. The summed E-state index contributed by atoms with van der Waals surface area (Å²) in [4.78, 5) is -0.0805. The number of alkyl halides is 3. The second kappa shape index (κ2) is 7.15. The quantitative estimate of drug-likeness (QED) is 0.590. The fourth-order valence-electron chi connectivity index (χ4n) is 1.41. The monoisotopic (exact) mass is 395 g/mol. The van der Waals surface area contributed by atoms with E-state index in [4.69, 9.17) is 43.9 Å². The van der Waals surface area contributed by atoms with Crippen LogP contribution in [0.2, 0.25) is 0 Å². The first-order chi connectivity index (χ1) is 9.57. The van der Waals surface area contributed by atoms with Crippen molar-refractivity contribution in [1.29, 1.82) is 0 Å². The zero-order valence-corrected chi connectivity index (χ0v) is 15.0. The molecule has 21 heavy (non-hydrogen) atoms. The SMILES string of the molecule is COP(=O)(OC)[C@@H](NS(=O)(=O)c1ccccc1)C(Cl)(Cl)Cl. The van der Waals surface area contributed by atoms with Crippen LogP contribution in [0.5, 0.6) is 0 Å². The minimum atomic E-state index is -4.08. The van der Waals surface area contributed by atoms with E-state index in [1.54, 1.807) is 6.07 Å². The van der Waals surface area contributed by atoms with Crippen LogP contribution in [0.25, 0.3) is 0 Å². The van der Waals surface area contributed by atoms with Gasteiger partial charge in [0.1, 0.15) is 0 Å². The fraction of sp³-hybridized carbons (Fsp3) is 0.400. The molecule has 0 aliphatic carbocycles. The van der Waals surface area contributed by atoms with Crippen LogP contribution in [0.3, 0.4) is 0 Å². The molecule has 6 nitrogen and oxygen atoms in total. The van der Waals surface area contributed by atoms with Crippen LogP contribution in [0.1, 0.15) is 0 Å². The topological polar surface area (TPSA) is 81.7 Å². The lowest BCUT2D eigenvalue weighted by atomic mass is 10.4. The normalized spacial score (nSPS) is 14.9. The molecule has 0 aliphatic heterocycles. The van der Waals surface area contributed by atoms with E-state index >= 15 is 0 Å². The number of rotatable bonds is 6. The first kappa shape index (κ1) is 19.2. The molecule has 0 saturated carbocycles. The number of nitrogens with one attached hydrogen (secondary N) is 1. The molecule has 0 aliphatic rings. The van der Waals surface area contributed by atoms with Crippen molar-refractivity contribution in [2.45, 2.75) is 14.5 Å². The van der Waals surface area contributed by atoms with Gasteiger partial charge in [-0.05, 0) is 12.1 Å². The molecule has 1 rings (SSSR count). The van der Waals surface area contributed by atoms with Crippen molar-refractivity contribution < 1.29 is 22.0 Å². The minimum Gasteiger partial charge on any atom is -0.311 e. The molecule has 1 atom stereocenters. The van der Waals surface area contributed by atoms with Crippen LogP contribution >= 0.6 is 42.4 Å². The second-order valence-corrected chi connectivity index (χ2v) is 10.2. The third-order valence-electron chi connectivity index (χ3n) is 2.46. The summed E-state index contributed by atoms with van der Waals surface area (Å²) >= 11 is 17.1. The van der Waals surface area contributed by atoms with E-state index in [1.807, 2.05) is 0 Å². The van der Waals surface area contributed by atoms with Gasteiger partial charge in [-0.1, -0.05) is 53.0 Å². The zero-order chi connectivity index (χ0) is 16.3. The predicted octanol–water partition coefficient (Wildman–Crippen LogP) is 3.15. The molecule has 0 spiro atoms. The highest BCUT2D eigenvalue weighted by molar-refractivity contribution is 7.89. The van der Waals surface area contributed by atoms with Gasteiger partial charge in [0.05, 0.1) is 4.90 Å². The van der Waals surface area contributed by atoms with E-state index in [0.29, 0.717) is 0 Å². The molecule has 0 aromatic heterocycles. The van der Waals surface area contributed by atoms with Gasteiger partial charge in [-0.25, -0.2) is 8.42 Å². The maximum Gasteiger partial charge on any atom is 0.352 e. The average Bonchev–Trinajstić information content (AvgIpc) is 2.44. The Kier molecular flexibility index (Phi) is 6.54. The Morgan fingerprint density at radius 2 is 1.62 bits per heavy atom. The molecule has 0 bridgehead atoms. The first-order valence-electron chi connectivity index (χ1n) is 5.42. The van der Waals surface area contributed by atoms with Gasteiger partial charge < -0.3 is 9.05 Å². The lowest BCUT2D eigenvalue weighted by Gasteiger charge is -2.29. The largest absolute Gasteiger partial charge is 0.352 e. The van der Waals surface area contributed by atoms with Crippen molar-refractivity contribution in [3.8, 4) is 0 Å². The molecule has 120 valence electrons. The molecule has 1 aromatic carbocycles. The predicted molar refractivity (Wildman–Crippen MR) is 82.5 cm³/mol. The summed E-state index contributed by atoms with van der Waals surface area (Å²) in [6.07, 6.45) is 0. The van der Waals surface area contributed by atoms with Gasteiger partial charge in [-0.2, -0.15) is 4.72 Å². The summed E-state index contributed by atoms with van der Waals surface area (Å²) < 4.78 is 46.1. The Hall–Kier alpha value is 0.150. The van der Waals surface area contributed by atoms with E-state index in [-0.39, 0.29) is 4.90 Å². The standard InChI is InChI=1S/C10H13Cl3NO5PS/c1-18-20(15,19-2)9(10(11,12)13)14-21(16,17)8-6-4-3-5-7-8/h3-7,9,14H,1-2H3/t9-/m1/s1. The molecule has 11 heteroatoms. The van der Waals surface area contributed by atoms with Crippen LogP contribution in [-0.2, 0) is 23.6 Å². The molecule has 1 N–H and O–H groups in total. The third kappa shape index (κ3) is 4.81. The molecule has 0 saturated heterocycles. The van der Waals surface area contributed by atoms with Gasteiger partial charge in [-0.3, -0.25) is 4.57 Å². The van der Waals surface area contributed by atoms with Crippen LogP contribution in [-0.4, -0.2) is 32.2 Å². The zero-order valence-electron chi connectivity index (χ0n) is 11.0. The van der Waals surface area contributed by atoms with Crippen molar-refractivity contribution >= 4 is 52.4 Å². The maximum atomic E-state index is 12.4. The number of halogens is 3. The van der Waals surface area contributed by atoms with Crippen molar-refractivity contribution in [2.75, 3.05) is 14.2 Å². The average molecular weight is 397 g/mol. The molecule has 0 fully saturated rings. The Bertz CT molecular complexity index is 611. The molecular formula is C10H13Cl3NO5PS. The molecular weight excluding hydrogens is 384 g/mol. The van der Waals surface area contributed by atoms with Crippen molar-refractivity contribution in [3.63, 3.8) is 0 Å². The number of benzene rings is 1. The smallest absolute Gasteiger partial charge is 0.311 e. The number of sulfonamides is 1. The van der Waals surface area contributed by atoms with E-state index in [1.165, 1.54) is 24.3 Å². The summed E-state index contributed by atoms with van der Waals surface area (Å²) in [7, 11) is -5.98. The van der Waals surface area contributed by atoms with Crippen LogP contribution < -0.4 is 4.72 Å². The molecule has 0 unspecified atom stereocenters. The lowest BCUT2D eigenvalue weighted by molar-refractivity contribution is 0.263. The van der Waals surface area contributed by atoms with Gasteiger partial charge in [0.15, 0.2) is 5.78 Å². The van der Waals surface area contributed by atoms with Gasteiger partial charge in [0.25, 0.3) is 0 Å². The fourth-order valence-corrected chi connectivity index (χ4v) is 5.83. The highest BCUT2D eigenvalue weighted by atomic mass is 35.6. The summed E-state index contributed by atoms with van der Waals surface area (Å²) in [6, 6.07) is 7.35. The minimum absolute atomic E-state index is 0.0805. The van der Waals surface area contributed by atoms with Gasteiger partial charge >= 0.3 is 7.60 Å². The van der Waals surface area contributed by atoms with E-state index in [9.17, 15) is 13.0 Å². The molecule has 1 aromatic rings. The van der Waals surface area contributed by atoms with E-state index in [2.05, 4.69) is 4.72 Å². The van der Waals surface area contributed by atoms with Gasteiger partial charge in [0.2, 0.25) is 13.8 Å². The van der Waals surface area contributed by atoms with Crippen LogP contribution in [0.4, 0.5) is 0 Å². The Balaban J connectivity index is 3.23. The third-order valence-corrected chi connectivity index (χ3v) is 7.35. The first-order valence-corrected chi connectivity index (χ1v) is 9.65.